The molecule has 0 aromatic heterocycles. The molecule has 2 rings (SSSR count). The summed E-state index contributed by atoms with van der Waals surface area (Å²) in [7, 11) is 2.95. The normalized spacial score (nSPS) is 18.5. The Bertz CT molecular complexity index is 572. The van der Waals surface area contributed by atoms with Crippen LogP contribution in [0.2, 0.25) is 0 Å². The molecule has 1 aliphatic rings. The highest BCUT2D eigenvalue weighted by Gasteiger charge is 2.33. The monoisotopic (exact) mass is 361 g/mol. The molecule has 1 aromatic carbocycles. The van der Waals surface area contributed by atoms with E-state index in [0.717, 1.165) is 19.0 Å². The summed E-state index contributed by atoms with van der Waals surface area (Å²) >= 11 is 1.91. The summed E-state index contributed by atoms with van der Waals surface area (Å²) in [6, 6.07) is 3.97. The van der Waals surface area contributed by atoms with E-state index in [9.17, 15) is 13.2 Å². The zero-order valence-corrected chi connectivity index (χ0v) is 14.6. The third kappa shape index (κ3) is 5.22. The molecule has 0 bridgehead atoms. The highest BCUT2D eigenvalue weighted by molar-refractivity contribution is 8.00. The van der Waals surface area contributed by atoms with Gasteiger partial charge >= 0.3 is 6.18 Å². The molecule has 1 saturated heterocycles. The van der Waals surface area contributed by atoms with Gasteiger partial charge < -0.3 is 15.4 Å². The largest absolute Gasteiger partial charge is 0.497 e. The van der Waals surface area contributed by atoms with Crippen molar-refractivity contribution in [3.05, 3.63) is 29.3 Å². The van der Waals surface area contributed by atoms with Gasteiger partial charge in [0.25, 0.3) is 0 Å². The summed E-state index contributed by atoms with van der Waals surface area (Å²) in [4.78, 5) is 4.07. The van der Waals surface area contributed by atoms with Crippen LogP contribution in [0, 0.1) is 0 Å². The Hall–Kier alpha value is -1.57. The Labute approximate surface area is 144 Å². The van der Waals surface area contributed by atoms with E-state index in [4.69, 9.17) is 4.74 Å². The van der Waals surface area contributed by atoms with Crippen molar-refractivity contribution >= 4 is 17.7 Å². The number of benzene rings is 1. The number of aliphatic imine (C=N–C) groups is 1. The molecule has 1 atom stereocenters. The van der Waals surface area contributed by atoms with Gasteiger partial charge in [0, 0.05) is 25.4 Å². The summed E-state index contributed by atoms with van der Waals surface area (Å²) < 4.78 is 44.5. The highest BCUT2D eigenvalue weighted by Crippen LogP contribution is 2.34. The fourth-order valence-corrected chi connectivity index (χ4v) is 3.72. The minimum Gasteiger partial charge on any atom is -0.497 e. The van der Waals surface area contributed by atoms with Crippen LogP contribution in [-0.4, -0.2) is 37.7 Å². The average Bonchev–Trinajstić information content (AvgIpc) is 3.07. The lowest BCUT2D eigenvalue weighted by Gasteiger charge is -2.17. The Balaban J connectivity index is 1.98. The van der Waals surface area contributed by atoms with Crippen molar-refractivity contribution in [2.24, 2.45) is 4.99 Å². The Kier molecular flexibility index (Phi) is 6.65. The SMILES string of the molecule is CN=C(NCc1ccc(OC)cc1C(F)(F)F)NCC1CCCS1. The minimum atomic E-state index is -4.43. The number of nitrogens with zero attached hydrogens (tertiary/aromatic N) is 1. The average molecular weight is 361 g/mol. The van der Waals surface area contributed by atoms with Crippen molar-refractivity contribution in [2.45, 2.75) is 30.8 Å². The van der Waals surface area contributed by atoms with Crippen molar-refractivity contribution in [1.29, 1.82) is 0 Å². The van der Waals surface area contributed by atoms with E-state index in [1.165, 1.54) is 31.4 Å². The van der Waals surface area contributed by atoms with Crippen LogP contribution in [0.25, 0.3) is 0 Å². The number of guanidine groups is 1. The van der Waals surface area contributed by atoms with Crippen molar-refractivity contribution in [3.63, 3.8) is 0 Å². The van der Waals surface area contributed by atoms with E-state index in [2.05, 4.69) is 15.6 Å². The number of halogens is 3. The van der Waals surface area contributed by atoms with Gasteiger partial charge in [0.2, 0.25) is 0 Å². The molecule has 8 heteroatoms. The number of alkyl halides is 3. The first kappa shape index (κ1) is 18.8. The maximum atomic E-state index is 13.2. The van der Waals surface area contributed by atoms with Gasteiger partial charge in [0.05, 0.1) is 12.7 Å². The smallest absolute Gasteiger partial charge is 0.416 e. The maximum Gasteiger partial charge on any atom is 0.416 e. The van der Waals surface area contributed by atoms with Gasteiger partial charge in [-0.15, -0.1) is 0 Å². The Morgan fingerprint density at radius 2 is 2.17 bits per heavy atom. The summed E-state index contributed by atoms with van der Waals surface area (Å²) in [6.07, 6.45) is -2.06. The van der Waals surface area contributed by atoms with E-state index in [1.54, 1.807) is 7.05 Å². The second-order valence-electron chi connectivity index (χ2n) is 5.46. The molecule has 0 radical (unpaired) electrons. The maximum absolute atomic E-state index is 13.2. The molecule has 0 amide bonds. The third-order valence-electron chi connectivity index (χ3n) is 3.81. The fourth-order valence-electron chi connectivity index (χ4n) is 2.52. The number of rotatable bonds is 5. The number of hydrogen-bond donors (Lipinski definition) is 2. The van der Waals surface area contributed by atoms with E-state index in [-0.39, 0.29) is 17.9 Å². The molecular formula is C16H22F3N3OS. The predicted octanol–water partition coefficient (Wildman–Crippen LogP) is 3.27. The van der Waals surface area contributed by atoms with Gasteiger partial charge in [-0.25, -0.2) is 0 Å². The molecule has 0 spiro atoms. The first-order valence-electron chi connectivity index (χ1n) is 7.74. The van der Waals surface area contributed by atoms with Crippen LogP contribution in [0.3, 0.4) is 0 Å². The lowest BCUT2D eigenvalue weighted by Crippen LogP contribution is -2.40. The summed E-state index contributed by atoms with van der Waals surface area (Å²) in [5, 5.41) is 6.66. The van der Waals surface area contributed by atoms with Gasteiger partial charge in [-0.05, 0) is 36.3 Å². The van der Waals surface area contributed by atoms with Crippen LogP contribution < -0.4 is 15.4 Å². The molecule has 1 aromatic rings. The number of hydrogen-bond acceptors (Lipinski definition) is 3. The van der Waals surface area contributed by atoms with E-state index in [1.807, 2.05) is 11.8 Å². The lowest BCUT2D eigenvalue weighted by molar-refractivity contribution is -0.138. The van der Waals surface area contributed by atoms with Gasteiger partial charge in [-0.1, -0.05) is 6.07 Å². The Morgan fingerprint density at radius 3 is 2.75 bits per heavy atom. The first-order valence-corrected chi connectivity index (χ1v) is 8.79. The standard InChI is InChI=1S/C16H22F3N3OS/c1-20-15(22-10-13-4-3-7-24-13)21-9-11-5-6-12(23-2)8-14(11)16(17,18)19/h5-6,8,13H,3-4,7,9-10H2,1-2H3,(H2,20,21,22). The topological polar surface area (TPSA) is 45.7 Å². The predicted molar refractivity (Wildman–Crippen MR) is 91.7 cm³/mol. The molecule has 1 heterocycles. The van der Waals surface area contributed by atoms with Crippen LogP contribution >= 0.6 is 11.8 Å². The molecule has 1 unspecified atom stereocenters. The zero-order chi connectivity index (χ0) is 17.6. The number of nitrogens with one attached hydrogen (secondary N) is 2. The quantitative estimate of drug-likeness (QED) is 0.624. The van der Waals surface area contributed by atoms with E-state index < -0.39 is 11.7 Å². The molecule has 24 heavy (non-hydrogen) atoms. The molecule has 134 valence electrons. The Morgan fingerprint density at radius 1 is 1.38 bits per heavy atom. The van der Waals surface area contributed by atoms with Gasteiger partial charge in [0.1, 0.15) is 5.75 Å². The van der Waals surface area contributed by atoms with Crippen LogP contribution in [0.4, 0.5) is 13.2 Å². The fraction of sp³-hybridized carbons (Fsp3) is 0.562. The van der Waals surface area contributed by atoms with E-state index in [0.29, 0.717) is 11.2 Å². The molecule has 0 aliphatic carbocycles. The highest BCUT2D eigenvalue weighted by atomic mass is 32.2. The van der Waals surface area contributed by atoms with Crippen LogP contribution in [0.5, 0.6) is 5.75 Å². The number of thioether (sulfide) groups is 1. The van der Waals surface area contributed by atoms with Gasteiger partial charge in [-0.3, -0.25) is 4.99 Å². The molecule has 1 aliphatic heterocycles. The third-order valence-corrected chi connectivity index (χ3v) is 5.21. The first-order chi connectivity index (χ1) is 11.4. The van der Waals surface area contributed by atoms with Crippen molar-refractivity contribution in [1.82, 2.24) is 10.6 Å². The van der Waals surface area contributed by atoms with Crippen molar-refractivity contribution < 1.29 is 17.9 Å². The van der Waals surface area contributed by atoms with Crippen molar-refractivity contribution in [3.8, 4) is 5.75 Å². The second-order valence-corrected chi connectivity index (χ2v) is 6.87. The summed E-state index contributed by atoms with van der Waals surface area (Å²) in [5.41, 5.74) is -0.544. The van der Waals surface area contributed by atoms with Crippen molar-refractivity contribution in [2.75, 3.05) is 26.5 Å². The lowest BCUT2D eigenvalue weighted by atomic mass is 10.1. The van der Waals surface area contributed by atoms with Gasteiger partial charge in [-0.2, -0.15) is 24.9 Å². The number of methoxy groups -OCH3 is 1. The van der Waals surface area contributed by atoms with Crippen LogP contribution in [0.15, 0.2) is 23.2 Å². The zero-order valence-electron chi connectivity index (χ0n) is 13.7. The molecule has 0 saturated carbocycles. The summed E-state index contributed by atoms with van der Waals surface area (Å²) in [6.45, 7) is 0.801. The number of ether oxygens (including phenoxy) is 1. The van der Waals surface area contributed by atoms with Gasteiger partial charge in [0.15, 0.2) is 5.96 Å². The molecule has 4 nitrogen and oxygen atoms in total. The molecular weight excluding hydrogens is 339 g/mol. The molecule has 2 N–H and O–H groups in total. The second kappa shape index (κ2) is 8.50. The molecule has 1 fully saturated rings. The van der Waals surface area contributed by atoms with Crippen LogP contribution in [-0.2, 0) is 12.7 Å². The van der Waals surface area contributed by atoms with Crippen LogP contribution in [0.1, 0.15) is 24.0 Å². The van der Waals surface area contributed by atoms with E-state index >= 15 is 0 Å². The minimum absolute atomic E-state index is 0.0380. The summed E-state index contributed by atoms with van der Waals surface area (Å²) in [5.74, 6) is 1.86.